The molecule has 6 heavy (non-hydrogen) atoms. The van der Waals surface area contributed by atoms with Gasteiger partial charge in [-0.2, -0.15) is 0 Å². The molecule has 0 heterocycles. The van der Waals surface area contributed by atoms with E-state index >= 15 is 0 Å². The molecular weight excluding hydrogens is 135 g/mol. The Kier molecular flexibility index (Phi) is 3.99. The molecule has 0 bridgehead atoms. The van der Waals surface area contributed by atoms with Crippen molar-refractivity contribution in [2.45, 2.75) is 12.2 Å². The molecule has 0 rings (SSSR count). The van der Waals surface area contributed by atoms with Gasteiger partial charge in [0.15, 0.2) is 0 Å². The molecule has 42 valence electrons. The minimum Gasteiger partial charge on any atom is -1.00 e. The zero-order valence-corrected chi connectivity index (χ0v) is 7.83. The Labute approximate surface area is 49.4 Å². The van der Waals surface area contributed by atoms with Crippen LogP contribution < -0.4 is 0 Å². The number of hydrogen-bond donors (Lipinski definition) is 0. The van der Waals surface area contributed by atoms with E-state index in [-0.39, 0.29) is 18.5 Å². The summed E-state index contributed by atoms with van der Waals surface area (Å²) >= 11 is -0.167. The fourth-order valence-electron chi connectivity index (χ4n) is 0.447. The Morgan fingerprint density at radius 2 is 2.17 bits per heavy atom. The van der Waals surface area contributed by atoms with Crippen molar-refractivity contribution in [1.29, 1.82) is 0 Å². The Bertz CT molecular complexity index is 35.2. The quantitative estimate of drug-likeness (QED) is 0.511. The number of rotatable bonds is 2. The van der Waals surface area contributed by atoms with E-state index in [2.05, 4.69) is 24.9 Å². The standard InChI is InChI=1S/C4H13GeN.2H/c1-4-5-6(2)3;;/h4-5H2,1-3H3;;/q;2*-1. The minimum absolute atomic E-state index is 0. The van der Waals surface area contributed by atoms with Crippen molar-refractivity contribution in [3.05, 3.63) is 0 Å². The maximum absolute atomic E-state index is 2.37. The van der Waals surface area contributed by atoms with Crippen molar-refractivity contribution >= 4 is 15.7 Å². The van der Waals surface area contributed by atoms with Gasteiger partial charge in [-0.3, -0.25) is 0 Å². The summed E-state index contributed by atoms with van der Waals surface area (Å²) in [5, 5.41) is 1.44. The van der Waals surface area contributed by atoms with E-state index in [1.807, 2.05) is 0 Å². The van der Waals surface area contributed by atoms with E-state index in [4.69, 9.17) is 0 Å². The molecule has 0 aliphatic rings. The van der Waals surface area contributed by atoms with E-state index in [1.165, 1.54) is 5.25 Å². The van der Waals surface area contributed by atoms with Crippen LogP contribution in [0, 0.1) is 0 Å². The molecule has 0 fully saturated rings. The molecule has 0 unspecified atom stereocenters. The van der Waals surface area contributed by atoms with Crippen LogP contribution in [0.1, 0.15) is 9.78 Å². The molecule has 0 spiro atoms. The third kappa shape index (κ3) is 4.50. The first kappa shape index (κ1) is 6.50. The molecular formula is C4H15GeN-2. The van der Waals surface area contributed by atoms with Gasteiger partial charge in [-0.05, 0) is 0 Å². The van der Waals surface area contributed by atoms with Crippen LogP contribution in [-0.4, -0.2) is 33.6 Å². The predicted molar refractivity (Wildman–Crippen MR) is 34.9 cm³/mol. The van der Waals surface area contributed by atoms with Gasteiger partial charge in [-0.15, -0.1) is 0 Å². The molecule has 0 N–H and O–H groups in total. The summed E-state index contributed by atoms with van der Waals surface area (Å²) in [6, 6.07) is 0. The minimum atomic E-state index is -0.167. The van der Waals surface area contributed by atoms with Crippen LogP contribution >= 0.6 is 0 Å². The van der Waals surface area contributed by atoms with Crippen molar-refractivity contribution in [1.82, 2.24) is 3.86 Å². The van der Waals surface area contributed by atoms with Gasteiger partial charge in [0.2, 0.25) is 0 Å². The zero-order chi connectivity index (χ0) is 4.99. The first-order chi connectivity index (χ1) is 2.77. The van der Waals surface area contributed by atoms with Gasteiger partial charge in [0.05, 0.1) is 0 Å². The number of nitrogens with zero attached hydrogens (tertiary/aromatic N) is 1. The Morgan fingerprint density at radius 3 is 2.17 bits per heavy atom. The second-order valence-electron chi connectivity index (χ2n) is 1.80. The third-order valence-corrected chi connectivity index (χ3v) is 3.49. The molecule has 0 aromatic carbocycles. The SMILES string of the molecule is C[CH2][GeH2][N](C)C.[H-].[H-]. The molecule has 2 heteroatoms. The Balaban J connectivity index is -0.000000125. The summed E-state index contributed by atoms with van der Waals surface area (Å²) in [5.74, 6) is 0. The van der Waals surface area contributed by atoms with Crippen LogP contribution in [0.5, 0.6) is 0 Å². The van der Waals surface area contributed by atoms with Crippen LogP contribution in [0.3, 0.4) is 0 Å². The van der Waals surface area contributed by atoms with Gasteiger partial charge in [-0.1, -0.05) is 0 Å². The Morgan fingerprint density at radius 1 is 1.67 bits per heavy atom. The van der Waals surface area contributed by atoms with Crippen molar-refractivity contribution in [2.24, 2.45) is 0 Å². The van der Waals surface area contributed by atoms with Gasteiger partial charge < -0.3 is 2.85 Å². The first-order valence-corrected chi connectivity index (χ1v) is 5.84. The van der Waals surface area contributed by atoms with Crippen LogP contribution in [-0.2, 0) is 0 Å². The molecule has 0 aromatic heterocycles. The monoisotopic (exact) mass is 151 g/mol. The summed E-state index contributed by atoms with van der Waals surface area (Å²) in [6.07, 6.45) is 0. The van der Waals surface area contributed by atoms with Crippen LogP contribution in [0.2, 0.25) is 5.25 Å². The fourth-order valence-corrected chi connectivity index (χ4v) is 2.32. The molecule has 0 atom stereocenters. The van der Waals surface area contributed by atoms with E-state index in [9.17, 15) is 0 Å². The second kappa shape index (κ2) is 3.68. The van der Waals surface area contributed by atoms with E-state index < -0.39 is 0 Å². The summed E-state index contributed by atoms with van der Waals surface area (Å²) in [4.78, 5) is 0. The molecule has 0 aromatic rings. The van der Waals surface area contributed by atoms with Crippen molar-refractivity contribution in [3.63, 3.8) is 0 Å². The topological polar surface area (TPSA) is 3.24 Å². The average Bonchev–Trinajstić information content (AvgIpc) is 1.35. The Hall–Kier alpha value is 0.503. The van der Waals surface area contributed by atoms with Crippen molar-refractivity contribution in [3.8, 4) is 0 Å². The van der Waals surface area contributed by atoms with Gasteiger partial charge in [0, 0.05) is 0 Å². The normalized spacial score (nSPS) is 12.0. The van der Waals surface area contributed by atoms with Gasteiger partial charge >= 0.3 is 45.8 Å². The van der Waals surface area contributed by atoms with Crippen LogP contribution in [0.25, 0.3) is 0 Å². The van der Waals surface area contributed by atoms with Crippen LogP contribution in [0.15, 0.2) is 0 Å². The van der Waals surface area contributed by atoms with E-state index in [1.54, 1.807) is 0 Å². The molecule has 0 saturated heterocycles. The smallest absolute Gasteiger partial charge is 1.00 e. The van der Waals surface area contributed by atoms with Crippen molar-refractivity contribution in [2.75, 3.05) is 14.1 Å². The third-order valence-electron chi connectivity index (χ3n) is 0.671. The number of hydrogen-bond acceptors (Lipinski definition) is 1. The maximum atomic E-state index is 2.37. The van der Waals surface area contributed by atoms with Gasteiger partial charge in [-0.25, -0.2) is 0 Å². The first-order valence-electron chi connectivity index (χ1n) is 2.42. The van der Waals surface area contributed by atoms with Gasteiger partial charge in [0.25, 0.3) is 0 Å². The molecule has 0 amide bonds. The molecule has 1 nitrogen and oxygen atoms in total. The second-order valence-corrected chi connectivity index (χ2v) is 7.49. The summed E-state index contributed by atoms with van der Waals surface area (Å²) in [7, 11) is 4.34. The molecule has 0 aliphatic carbocycles. The molecule has 0 radical (unpaired) electrons. The molecule has 0 saturated carbocycles. The largest absolute Gasteiger partial charge is 1.00 e. The zero-order valence-electron chi connectivity index (χ0n) is 6.86. The predicted octanol–water partition coefficient (Wildman–Crippen LogP) is 0.295. The fraction of sp³-hybridized carbons (Fsp3) is 1.00. The maximum Gasteiger partial charge on any atom is -1.00 e. The molecule has 0 aliphatic heterocycles. The van der Waals surface area contributed by atoms with Gasteiger partial charge in [0.1, 0.15) is 0 Å². The summed E-state index contributed by atoms with van der Waals surface area (Å²) in [6.45, 7) is 2.26. The van der Waals surface area contributed by atoms with E-state index in [0.29, 0.717) is 0 Å². The summed E-state index contributed by atoms with van der Waals surface area (Å²) < 4.78 is 2.37. The van der Waals surface area contributed by atoms with Crippen LogP contribution in [0.4, 0.5) is 0 Å². The average molecular weight is 150 g/mol. The van der Waals surface area contributed by atoms with E-state index in [0.717, 1.165) is 0 Å². The summed E-state index contributed by atoms with van der Waals surface area (Å²) in [5.41, 5.74) is 0. The van der Waals surface area contributed by atoms with Crippen molar-refractivity contribution < 1.29 is 2.85 Å².